The molecule has 0 saturated carbocycles. The van der Waals surface area contributed by atoms with Gasteiger partial charge in [-0.3, -0.25) is 4.31 Å². The summed E-state index contributed by atoms with van der Waals surface area (Å²) >= 11 is 0. The Hall–Kier alpha value is 0.500. The van der Waals surface area contributed by atoms with E-state index in [9.17, 15) is 4.57 Å². The summed E-state index contributed by atoms with van der Waals surface area (Å²) in [6.45, 7) is 0. The summed E-state index contributed by atoms with van der Waals surface area (Å²) in [6, 6.07) is 0. The first kappa shape index (κ1) is 10.5. The minimum atomic E-state index is -4.18. The fourth-order valence-corrected chi connectivity index (χ4v) is 0. The van der Waals surface area contributed by atoms with Crippen molar-refractivity contribution in [3.05, 3.63) is 0 Å². The van der Waals surface area contributed by atoms with Gasteiger partial charge in [0.25, 0.3) is 0 Å². The lowest BCUT2D eigenvalue weighted by molar-refractivity contribution is 0.298. The number of phosphoric acid groups is 1. The Labute approximate surface area is 43.2 Å². The van der Waals surface area contributed by atoms with Crippen LogP contribution in [0, 0.1) is 0 Å². The second-order valence-electron chi connectivity index (χ2n) is 0.596. The summed E-state index contributed by atoms with van der Waals surface area (Å²) < 4.78 is 13.0. The second kappa shape index (κ2) is 3.50. The van der Waals surface area contributed by atoms with Crippen LogP contribution in [0.2, 0.25) is 0 Å². The smallest absolute Gasteiger partial charge is 0.344 e. The van der Waals surface area contributed by atoms with Crippen molar-refractivity contribution in [3.8, 4) is 0 Å². The molecule has 7 heteroatoms. The molecule has 46 valence electrons. The normalized spacial score (nSPS) is 10.1. The molecule has 0 radical (unpaired) electrons. The van der Waals surface area contributed by atoms with Gasteiger partial charge in [-0.15, -0.1) is 0 Å². The zero-order valence-electron chi connectivity index (χ0n) is 3.44. The van der Waals surface area contributed by atoms with E-state index >= 15 is 0 Å². The van der Waals surface area contributed by atoms with Crippen molar-refractivity contribution in [2.45, 2.75) is 0 Å². The Balaban J connectivity index is 0. The molecule has 0 spiro atoms. The lowest BCUT2D eigenvalue weighted by Crippen LogP contribution is -1.69. The summed E-state index contributed by atoms with van der Waals surface area (Å²) in [5.74, 6) is 0. The van der Waals surface area contributed by atoms with E-state index < -0.39 is 7.82 Å². The summed E-state index contributed by atoms with van der Waals surface area (Å²) in [4.78, 5) is 15.4. The molecule has 0 aliphatic heterocycles. The number of hydrogen-bond acceptors (Lipinski definition) is 3. The molecule has 0 heterocycles. The first-order valence-corrected chi connectivity index (χ1v) is 3.00. The SMILES string of the molecule is N.O=P(O)(O)OP. The molecule has 0 bridgehead atoms. The Bertz CT molecular complexity index is 73.8. The monoisotopic (exact) mass is 147 g/mol. The Kier molecular flexibility index (Phi) is 5.23. The molecule has 5 N–H and O–H groups in total. The van der Waals surface area contributed by atoms with Crippen LogP contribution < -0.4 is 6.15 Å². The van der Waals surface area contributed by atoms with Crippen LogP contribution in [0.1, 0.15) is 0 Å². The molecule has 1 unspecified atom stereocenters. The minimum absolute atomic E-state index is 0. The molecule has 0 aliphatic rings. The largest absolute Gasteiger partial charge is 0.472 e. The Morgan fingerprint density at radius 1 is 1.57 bits per heavy atom. The van der Waals surface area contributed by atoms with E-state index in [1.807, 2.05) is 0 Å². The summed E-state index contributed by atoms with van der Waals surface area (Å²) in [6.07, 6.45) is 0. The molecule has 1 atom stereocenters. The average Bonchev–Trinajstić information content (AvgIpc) is 1.35. The second-order valence-corrected chi connectivity index (χ2v) is 2.42. The zero-order chi connectivity index (χ0) is 5.21. The van der Waals surface area contributed by atoms with Gasteiger partial charge in [-0.2, -0.15) is 0 Å². The topological polar surface area (TPSA) is 102 Å². The lowest BCUT2D eigenvalue weighted by atomic mass is 14.0. The van der Waals surface area contributed by atoms with E-state index in [1.165, 1.54) is 9.47 Å². The summed E-state index contributed by atoms with van der Waals surface area (Å²) in [5, 5.41) is 0. The molecule has 0 aromatic carbocycles. The van der Waals surface area contributed by atoms with Crippen molar-refractivity contribution >= 4 is 17.3 Å². The molecule has 0 aromatic heterocycles. The standard InChI is InChI=1S/H3N.H4O4P2/c;1-6(2,3)4-5/h1H3;5H2,(H2,1,2,3). The van der Waals surface area contributed by atoms with Crippen LogP contribution in [0.15, 0.2) is 0 Å². The van der Waals surface area contributed by atoms with E-state index in [4.69, 9.17) is 9.79 Å². The van der Waals surface area contributed by atoms with Crippen molar-refractivity contribution in [3.63, 3.8) is 0 Å². The Morgan fingerprint density at radius 3 is 1.71 bits per heavy atom. The van der Waals surface area contributed by atoms with Crippen molar-refractivity contribution in [1.82, 2.24) is 6.15 Å². The lowest BCUT2D eigenvalue weighted by Gasteiger charge is -1.93. The van der Waals surface area contributed by atoms with Crippen molar-refractivity contribution in [2.24, 2.45) is 0 Å². The molecule has 5 nitrogen and oxygen atoms in total. The zero-order valence-corrected chi connectivity index (χ0v) is 5.49. The van der Waals surface area contributed by atoms with Crippen molar-refractivity contribution < 1.29 is 18.7 Å². The molecular weight excluding hydrogens is 140 g/mol. The molecular formula is H7NO4P2. The van der Waals surface area contributed by atoms with Gasteiger partial charge in [-0.1, -0.05) is 0 Å². The third-order valence-corrected chi connectivity index (χ3v) is 1.24. The van der Waals surface area contributed by atoms with Crippen molar-refractivity contribution in [1.29, 1.82) is 0 Å². The molecule has 0 amide bonds. The first-order chi connectivity index (χ1) is 2.56. The molecule has 0 fully saturated rings. The van der Waals surface area contributed by atoms with Gasteiger partial charge >= 0.3 is 7.82 Å². The van der Waals surface area contributed by atoms with Crippen LogP contribution in [0.4, 0.5) is 0 Å². The fourth-order valence-electron chi connectivity index (χ4n) is 0. The molecule has 7 heavy (non-hydrogen) atoms. The highest BCUT2D eigenvalue weighted by Crippen LogP contribution is 2.38. The van der Waals surface area contributed by atoms with Gasteiger partial charge in [0.05, 0.1) is 0 Å². The highest BCUT2D eigenvalue weighted by Gasteiger charge is 2.07. The molecule has 0 aliphatic carbocycles. The van der Waals surface area contributed by atoms with Crippen LogP contribution in [0.5, 0.6) is 0 Å². The van der Waals surface area contributed by atoms with Crippen LogP contribution in [-0.4, -0.2) is 9.79 Å². The van der Waals surface area contributed by atoms with Gasteiger partial charge in [0, 0.05) is 9.47 Å². The maximum absolute atomic E-state index is 9.45. The van der Waals surface area contributed by atoms with Gasteiger partial charge < -0.3 is 15.9 Å². The quantitative estimate of drug-likeness (QED) is 0.454. The highest BCUT2D eigenvalue weighted by molar-refractivity contribution is 7.51. The molecule has 0 aromatic rings. The van der Waals surface area contributed by atoms with E-state index in [-0.39, 0.29) is 6.15 Å². The number of hydrogen-bond donors (Lipinski definition) is 3. The van der Waals surface area contributed by atoms with Crippen LogP contribution >= 0.6 is 17.3 Å². The Morgan fingerprint density at radius 2 is 1.71 bits per heavy atom. The fraction of sp³-hybridized carbons (Fsp3) is 0. The van der Waals surface area contributed by atoms with Gasteiger partial charge in [0.1, 0.15) is 0 Å². The van der Waals surface area contributed by atoms with Crippen LogP contribution in [0.25, 0.3) is 0 Å². The summed E-state index contributed by atoms with van der Waals surface area (Å²) in [7, 11) is -2.72. The first-order valence-electron chi connectivity index (χ1n) is 1.00. The average molecular weight is 147 g/mol. The van der Waals surface area contributed by atoms with Gasteiger partial charge in [0.15, 0.2) is 0 Å². The van der Waals surface area contributed by atoms with E-state index in [2.05, 4.69) is 4.31 Å². The van der Waals surface area contributed by atoms with Gasteiger partial charge in [0.2, 0.25) is 0 Å². The third kappa shape index (κ3) is 10.7. The predicted octanol–water partition coefficient (Wildman–Crippen LogP) is 0.0478. The van der Waals surface area contributed by atoms with Crippen LogP contribution in [0.3, 0.4) is 0 Å². The summed E-state index contributed by atoms with van der Waals surface area (Å²) in [5.41, 5.74) is 0. The minimum Gasteiger partial charge on any atom is -0.344 e. The number of rotatable bonds is 1. The highest BCUT2D eigenvalue weighted by atomic mass is 31.2. The maximum atomic E-state index is 9.45. The van der Waals surface area contributed by atoms with Gasteiger partial charge in [-0.25, -0.2) is 4.57 Å². The van der Waals surface area contributed by atoms with E-state index in [1.54, 1.807) is 0 Å². The van der Waals surface area contributed by atoms with Crippen molar-refractivity contribution in [2.75, 3.05) is 0 Å². The molecule has 0 saturated heterocycles. The molecule has 0 rings (SSSR count). The van der Waals surface area contributed by atoms with E-state index in [0.29, 0.717) is 0 Å². The van der Waals surface area contributed by atoms with Gasteiger partial charge in [-0.05, 0) is 0 Å². The maximum Gasteiger partial charge on any atom is 0.472 e. The third-order valence-electron chi connectivity index (χ3n) is 0.137. The van der Waals surface area contributed by atoms with Crippen LogP contribution in [-0.2, 0) is 8.88 Å². The predicted molar refractivity (Wildman–Crippen MR) is 27.9 cm³/mol. The van der Waals surface area contributed by atoms with E-state index in [0.717, 1.165) is 0 Å².